The third-order valence-corrected chi connectivity index (χ3v) is 6.72. The number of nitrogens with one attached hydrogen (secondary N) is 2. The van der Waals surface area contributed by atoms with Crippen LogP contribution in [-0.2, 0) is 4.79 Å². The normalized spacial score (nSPS) is 36.8. The predicted molar refractivity (Wildman–Crippen MR) is 103 cm³/mol. The largest absolute Gasteiger partial charge is 0.347 e. The number of hydrogen-bond acceptors (Lipinski definition) is 3. The molecule has 5 heteroatoms. The zero-order chi connectivity index (χ0) is 19.3. The number of carbonyl (C=O) groups is 2. The number of rotatable bonds is 4. The van der Waals surface area contributed by atoms with E-state index in [4.69, 9.17) is 5.21 Å². The van der Waals surface area contributed by atoms with E-state index in [2.05, 4.69) is 19.2 Å². The Morgan fingerprint density at radius 1 is 1.04 bits per heavy atom. The van der Waals surface area contributed by atoms with E-state index in [0.29, 0.717) is 16.4 Å². The highest BCUT2D eigenvalue weighted by Crippen LogP contribution is 2.66. The van der Waals surface area contributed by atoms with Gasteiger partial charge in [-0.15, -0.1) is 0 Å². The number of benzene rings is 1. The molecule has 0 heterocycles. The van der Waals surface area contributed by atoms with Crippen LogP contribution in [0.3, 0.4) is 0 Å². The molecule has 1 aromatic rings. The van der Waals surface area contributed by atoms with E-state index in [1.165, 1.54) is 19.3 Å². The van der Waals surface area contributed by atoms with Crippen molar-refractivity contribution < 1.29 is 14.8 Å². The molecule has 27 heavy (non-hydrogen) atoms. The molecule has 4 fully saturated rings. The molecule has 3 N–H and O–H groups in total. The summed E-state index contributed by atoms with van der Waals surface area (Å²) in [6.45, 7) is 4.80. The highest BCUT2D eigenvalue weighted by molar-refractivity contribution is 5.94. The van der Waals surface area contributed by atoms with Crippen LogP contribution in [0.15, 0.2) is 30.3 Å². The van der Waals surface area contributed by atoms with E-state index in [0.717, 1.165) is 30.7 Å². The van der Waals surface area contributed by atoms with Crippen LogP contribution in [0.5, 0.6) is 0 Å². The zero-order valence-corrected chi connectivity index (χ0v) is 16.0. The van der Waals surface area contributed by atoms with Crippen molar-refractivity contribution in [3.63, 3.8) is 0 Å². The third kappa shape index (κ3) is 3.53. The fraction of sp³-hybridized carbons (Fsp3) is 0.545. The average molecular weight is 368 g/mol. The quantitative estimate of drug-likeness (QED) is 0.431. The van der Waals surface area contributed by atoms with Gasteiger partial charge >= 0.3 is 0 Å². The van der Waals surface area contributed by atoms with Gasteiger partial charge in [-0.05, 0) is 79.0 Å². The molecular formula is C22H28N2O3. The fourth-order valence-electron chi connectivity index (χ4n) is 6.87. The maximum Gasteiger partial charge on any atom is 0.274 e. The molecule has 4 bridgehead atoms. The molecule has 5 rings (SSSR count). The second-order valence-corrected chi connectivity index (χ2v) is 9.80. The standard InChI is InChI=1S/C22H28N2O3/c1-20-9-16-10-21(2,12-20)14-22(11-16,13-20)23-18(25)8-5-15-3-6-17(7-4-15)19(26)24-27/h3-8,16,27H,9-14H2,1-2H3,(H,23,25)(H,24,26)/b8-5+. The maximum atomic E-state index is 12.6. The van der Waals surface area contributed by atoms with Gasteiger partial charge in [0.1, 0.15) is 0 Å². The number of hydroxylamine groups is 1. The van der Waals surface area contributed by atoms with E-state index in [1.807, 2.05) is 0 Å². The van der Waals surface area contributed by atoms with Gasteiger partial charge < -0.3 is 5.32 Å². The monoisotopic (exact) mass is 368 g/mol. The van der Waals surface area contributed by atoms with Crippen LogP contribution in [0, 0.1) is 16.7 Å². The molecule has 4 aliphatic rings. The summed E-state index contributed by atoms with van der Waals surface area (Å²) in [5.41, 5.74) is 3.51. The van der Waals surface area contributed by atoms with Gasteiger partial charge in [-0.1, -0.05) is 26.0 Å². The van der Waals surface area contributed by atoms with E-state index in [1.54, 1.807) is 41.9 Å². The van der Waals surface area contributed by atoms with Crippen molar-refractivity contribution in [3.8, 4) is 0 Å². The summed E-state index contributed by atoms with van der Waals surface area (Å²) in [5, 5.41) is 12.0. The lowest BCUT2D eigenvalue weighted by Crippen LogP contribution is -2.65. The molecule has 0 aliphatic heterocycles. The first-order valence-corrected chi connectivity index (χ1v) is 9.77. The lowest BCUT2D eigenvalue weighted by molar-refractivity contribution is -0.136. The minimum absolute atomic E-state index is 0.0404. The molecule has 144 valence electrons. The molecule has 2 atom stereocenters. The van der Waals surface area contributed by atoms with Crippen LogP contribution in [0.4, 0.5) is 0 Å². The summed E-state index contributed by atoms with van der Waals surface area (Å²) in [4.78, 5) is 24.0. The van der Waals surface area contributed by atoms with Crippen molar-refractivity contribution in [1.82, 2.24) is 10.8 Å². The van der Waals surface area contributed by atoms with Crippen LogP contribution in [0.1, 0.15) is 68.3 Å². The molecule has 4 saturated carbocycles. The van der Waals surface area contributed by atoms with Crippen LogP contribution >= 0.6 is 0 Å². The van der Waals surface area contributed by atoms with E-state index < -0.39 is 5.91 Å². The average Bonchev–Trinajstić information content (AvgIpc) is 2.56. The Labute approximate surface area is 160 Å². The van der Waals surface area contributed by atoms with Crippen LogP contribution in [0.25, 0.3) is 6.08 Å². The molecule has 1 aromatic carbocycles. The van der Waals surface area contributed by atoms with Crippen molar-refractivity contribution in [2.75, 3.05) is 0 Å². The lowest BCUT2D eigenvalue weighted by Gasteiger charge is -2.65. The zero-order valence-electron chi connectivity index (χ0n) is 16.0. The Balaban J connectivity index is 1.44. The predicted octanol–water partition coefficient (Wildman–Crippen LogP) is 3.68. The number of carbonyl (C=O) groups excluding carboxylic acids is 2. The van der Waals surface area contributed by atoms with Crippen LogP contribution in [-0.4, -0.2) is 22.6 Å². The van der Waals surface area contributed by atoms with Gasteiger partial charge in [0.05, 0.1) is 0 Å². The molecule has 0 aromatic heterocycles. The van der Waals surface area contributed by atoms with Crippen molar-refractivity contribution in [3.05, 3.63) is 41.5 Å². The lowest BCUT2D eigenvalue weighted by atomic mass is 9.43. The molecule has 0 spiro atoms. The number of hydrogen-bond donors (Lipinski definition) is 3. The van der Waals surface area contributed by atoms with Gasteiger partial charge in [0, 0.05) is 17.2 Å². The topological polar surface area (TPSA) is 78.4 Å². The molecular weight excluding hydrogens is 340 g/mol. The first kappa shape index (κ1) is 18.2. The van der Waals surface area contributed by atoms with E-state index in [-0.39, 0.29) is 11.4 Å². The van der Waals surface area contributed by atoms with Gasteiger partial charge in [0.15, 0.2) is 0 Å². The van der Waals surface area contributed by atoms with Gasteiger partial charge in [-0.2, -0.15) is 0 Å². The van der Waals surface area contributed by atoms with Crippen LogP contribution < -0.4 is 10.8 Å². The minimum atomic E-state index is -0.549. The molecule has 5 nitrogen and oxygen atoms in total. The summed E-state index contributed by atoms with van der Waals surface area (Å²) >= 11 is 0. The maximum absolute atomic E-state index is 12.6. The third-order valence-electron chi connectivity index (χ3n) is 6.72. The summed E-state index contributed by atoms with van der Waals surface area (Å²) in [6, 6.07) is 6.73. The Bertz CT molecular complexity index is 780. The van der Waals surface area contributed by atoms with Gasteiger partial charge in [-0.25, -0.2) is 5.48 Å². The van der Waals surface area contributed by atoms with Crippen molar-refractivity contribution >= 4 is 17.9 Å². The summed E-state index contributed by atoms with van der Waals surface area (Å²) in [7, 11) is 0. The molecule has 2 unspecified atom stereocenters. The highest BCUT2D eigenvalue weighted by atomic mass is 16.5. The number of amides is 2. The summed E-state index contributed by atoms with van der Waals surface area (Å²) in [5.74, 6) is 0.152. The Morgan fingerprint density at radius 3 is 2.22 bits per heavy atom. The summed E-state index contributed by atoms with van der Waals surface area (Å²) < 4.78 is 0. The highest BCUT2D eigenvalue weighted by Gasteiger charge is 2.60. The van der Waals surface area contributed by atoms with Crippen LogP contribution in [0.2, 0.25) is 0 Å². The summed E-state index contributed by atoms with van der Waals surface area (Å²) in [6.07, 6.45) is 10.6. The smallest absolute Gasteiger partial charge is 0.274 e. The molecule has 0 saturated heterocycles. The Kier molecular flexibility index (Phi) is 4.18. The van der Waals surface area contributed by atoms with Crippen molar-refractivity contribution in [2.24, 2.45) is 16.7 Å². The molecule has 0 radical (unpaired) electrons. The fourth-order valence-corrected chi connectivity index (χ4v) is 6.87. The van der Waals surface area contributed by atoms with Gasteiger partial charge in [0.2, 0.25) is 5.91 Å². The second kappa shape index (κ2) is 6.20. The Hall–Kier alpha value is -2.14. The van der Waals surface area contributed by atoms with Gasteiger partial charge in [0.25, 0.3) is 5.91 Å². The minimum Gasteiger partial charge on any atom is -0.347 e. The molecule has 2 amide bonds. The molecule has 4 aliphatic carbocycles. The Morgan fingerprint density at radius 2 is 1.67 bits per heavy atom. The van der Waals surface area contributed by atoms with Crippen molar-refractivity contribution in [2.45, 2.75) is 57.9 Å². The SMILES string of the molecule is CC12CC3CC(C)(C1)CC(NC(=O)/C=C/c1ccc(C(=O)NO)cc1)(C3)C2. The van der Waals surface area contributed by atoms with E-state index >= 15 is 0 Å². The van der Waals surface area contributed by atoms with E-state index in [9.17, 15) is 9.59 Å². The second-order valence-electron chi connectivity index (χ2n) is 9.80. The first-order valence-electron chi connectivity index (χ1n) is 9.77. The van der Waals surface area contributed by atoms with Crippen molar-refractivity contribution in [1.29, 1.82) is 0 Å². The first-order chi connectivity index (χ1) is 12.7. The van der Waals surface area contributed by atoms with Gasteiger partial charge in [-0.3, -0.25) is 14.8 Å².